The zero-order valence-electron chi connectivity index (χ0n) is 10.2. The van der Waals surface area contributed by atoms with Crippen LogP contribution in [0.4, 0.5) is 11.5 Å². The number of rotatable bonds is 3. The van der Waals surface area contributed by atoms with Crippen molar-refractivity contribution >= 4 is 17.4 Å². The van der Waals surface area contributed by atoms with Gasteiger partial charge in [0.05, 0.1) is 5.69 Å². The Kier molecular flexibility index (Phi) is 3.57. The summed E-state index contributed by atoms with van der Waals surface area (Å²) < 4.78 is 0. The summed E-state index contributed by atoms with van der Waals surface area (Å²) in [5.74, 6) is 0.185. The molecule has 1 aromatic heterocycles. The van der Waals surface area contributed by atoms with Crippen LogP contribution in [0.1, 0.15) is 22.8 Å². The fraction of sp³-hybridized carbons (Fsp3) is 0.143. The molecule has 0 saturated carbocycles. The van der Waals surface area contributed by atoms with Crippen molar-refractivity contribution in [3.63, 3.8) is 0 Å². The number of carbonyl (C=O) groups is 1. The number of aromatic nitrogens is 1. The lowest BCUT2D eigenvalue weighted by molar-refractivity contribution is 0.102. The number of hydrogen-bond donors (Lipinski definition) is 2. The van der Waals surface area contributed by atoms with E-state index in [9.17, 15) is 4.79 Å². The predicted octanol–water partition coefficient (Wildman–Crippen LogP) is 2.48. The third kappa shape index (κ3) is 2.66. The molecule has 0 spiro atoms. The van der Waals surface area contributed by atoms with E-state index in [-0.39, 0.29) is 5.91 Å². The molecule has 0 aliphatic heterocycles. The van der Waals surface area contributed by atoms with Crippen molar-refractivity contribution in [2.45, 2.75) is 13.3 Å². The number of hydrogen-bond acceptors (Lipinski definition) is 3. The molecule has 4 heteroatoms. The molecule has 1 aromatic carbocycles. The Morgan fingerprint density at radius 1 is 1.28 bits per heavy atom. The standard InChI is InChI=1S/C14H15N3O/c1-2-10-5-7-11(8-6-10)14(18)17-13-12(15)4-3-9-16-13/h3-9H,2,15H2,1H3,(H,16,17,18). The Balaban J connectivity index is 2.14. The van der Waals surface area contributed by atoms with Gasteiger partial charge in [0, 0.05) is 11.8 Å². The fourth-order valence-corrected chi connectivity index (χ4v) is 1.59. The van der Waals surface area contributed by atoms with Crippen LogP contribution in [0.15, 0.2) is 42.6 Å². The Morgan fingerprint density at radius 2 is 2.00 bits per heavy atom. The summed E-state index contributed by atoms with van der Waals surface area (Å²) >= 11 is 0. The van der Waals surface area contributed by atoms with Crippen LogP contribution in [0.2, 0.25) is 0 Å². The summed E-state index contributed by atoms with van der Waals surface area (Å²) in [6.07, 6.45) is 2.54. The first-order valence-corrected chi connectivity index (χ1v) is 5.81. The molecule has 0 aliphatic rings. The average molecular weight is 241 g/mol. The molecule has 2 rings (SSSR count). The Morgan fingerprint density at radius 3 is 2.61 bits per heavy atom. The molecular weight excluding hydrogens is 226 g/mol. The molecule has 0 fully saturated rings. The van der Waals surface area contributed by atoms with Gasteiger partial charge in [0.2, 0.25) is 0 Å². The first kappa shape index (κ1) is 12.1. The largest absolute Gasteiger partial charge is 0.396 e. The van der Waals surface area contributed by atoms with Gasteiger partial charge in [0.1, 0.15) is 0 Å². The van der Waals surface area contributed by atoms with Gasteiger partial charge in [0.25, 0.3) is 5.91 Å². The number of carbonyl (C=O) groups excluding carboxylic acids is 1. The summed E-state index contributed by atoms with van der Waals surface area (Å²) in [6.45, 7) is 2.07. The van der Waals surface area contributed by atoms with E-state index in [0.29, 0.717) is 17.1 Å². The van der Waals surface area contributed by atoms with E-state index in [2.05, 4.69) is 17.2 Å². The van der Waals surface area contributed by atoms with Crippen LogP contribution in [0.25, 0.3) is 0 Å². The lowest BCUT2D eigenvalue weighted by Crippen LogP contribution is -2.14. The number of nitrogens with one attached hydrogen (secondary N) is 1. The second-order valence-corrected chi connectivity index (χ2v) is 3.95. The third-order valence-corrected chi connectivity index (χ3v) is 2.70. The quantitative estimate of drug-likeness (QED) is 0.867. The maximum Gasteiger partial charge on any atom is 0.256 e. The van der Waals surface area contributed by atoms with Crippen molar-refractivity contribution in [2.75, 3.05) is 11.1 Å². The van der Waals surface area contributed by atoms with Crippen molar-refractivity contribution in [3.05, 3.63) is 53.7 Å². The molecule has 0 aliphatic carbocycles. The van der Waals surface area contributed by atoms with Gasteiger partial charge in [-0.25, -0.2) is 4.98 Å². The summed E-state index contributed by atoms with van der Waals surface area (Å²) in [7, 11) is 0. The highest BCUT2D eigenvalue weighted by Crippen LogP contribution is 2.14. The normalized spacial score (nSPS) is 10.1. The number of nitrogens with zero attached hydrogens (tertiary/aromatic N) is 1. The van der Waals surface area contributed by atoms with Crippen LogP contribution in [0.3, 0.4) is 0 Å². The summed E-state index contributed by atoms with van der Waals surface area (Å²) in [5.41, 5.74) is 7.96. The molecule has 0 radical (unpaired) electrons. The number of amides is 1. The van der Waals surface area contributed by atoms with Crippen molar-refractivity contribution in [3.8, 4) is 0 Å². The van der Waals surface area contributed by atoms with Crippen LogP contribution in [-0.4, -0.2) is 10.9 Å². The Labute approximate surface area is 106 Å². The van der Waals surface area contributed by atoms with Gasteiger partial charge in [-0.05, 0) is 36.2 Å². The van der Waals surface area contributed by atoms with E-state index in [1.54, 1.807) is 30.5 Å². The molecule has 2 aromatic rings. The van der Waals surface area contributed by atoms with E-state index in [0.717, 1.165) is 6.42 Å². The second kappa shape index (κ2) is 5.31. The van der Waals surface area contributed by atoms with E-state index in [4.69, 9.17) is 5.73 Å². The molecular formula is C14H15N3O. The van der Waals surface area contributed by atoms with Crippen molar-refractivity contribution in [2.24, 2.45) is 0 Å². The highest BCUT2D eigenvalue weighted by molar-refractivity contribution is 6.05. The van der Waals surface area contributed by atoms with Gasteiger partial charge in [-0.1, -0.05) is 19.1 Å². The number of anilines is 2. The molecule has 1 heterocycles. The molecule has 0 unspecified atom stereocenters. The van der Waals surface area contributed by atoms with Crippen molar-refractivity contribution in [1.29, 1.82) is 0 Å². The minimum atomic E-state index is -0.206. The van der Waals surface area contributed by atoms with Crippen molar-refractivity contribution in [1.82, 2.24) is 4.98 Å². The Bertz CT molecular complexity index is 549. The number of pyridine rings is 1. The predicted molar refractivity (Wildman–Crippen MR) is 72.4 cm³/mol. The first-order valence-electron chi connectivity index (χ1n) is 5.81. The van der Waals surface area contributed by atoms with E-state index in [1.165, 1.54) is 5.56 Å². The van der Waals surface area contributed by atoms with Gasteiger partial charge in [0.15, 0.2) is 5.82 Å². The van der Waals surface area contributed by atoms with Gasteiger partial charge >= 0.3 is 0 Å². The first-order chi connectivity index (χ1) is 8.70. The lowest BCUT2D eigenvalue weighted by Gasteiger charge is -2.07. The van der Waals surface area contributed by atoms with E-state index < -0.39 is 0 Å². The zero-order valence-corrected chi connectivity index (χ0v) is 10.2. The molecule has 92 valence electrons. The SMILES string of the molecule is CCc1ccc(C(=O)Nc2ncccc2N)cc1. The Hall–Kier alpha value is -2.36. The van der Waals surface area contributed by atoms with Gasteiger partial charge in [-0.3, -0.25) is 4.79 Å². The summed E-state index contributed by atoms with van der Waals surface area (Å²) in [6, 6.07) is 10.9. The molecule has 3 N–H and O–H groups in total. The van der Waals surface area contributed by atoms with Crippen LogP contribution in [-0.2, 0) is 6.42 Å². The maximum atomic E-state index is 12.0. The maximum absolute atomic E-state index is 12.0. The lowest BCUT2D eigenvalue weighted by atomic mass is 10.1. The number of benzene rings is 1. The second-order valence-electron chi connectivity index (χ2n) is 3.95. The van der Waals surface area contributed by atoms with Crippen LogP contribution >= 0.6 is 0 Å². The number of nitrogen functional groups attached to an aromatic ring is 1. The molecule has 4 nitrogen and oxygen atoms in total. The van der Waals surface area contributed by atoms with E-state index in [1.807, 2.05) is 12.1 Å². The third-order valence-electron chi connectivity index (χ3n) is 2.70. The molecule has 0 atom stereocenters. The number of nitrogens with two attached hydrogens (primary N) is 1. The van der Waals surface area contributed by atoms with Gasteiger partial charge in [-0.15, -0.1) is 0 Å². The monoisotopic (exact) mass is 241 g/mol. The van der Waals surface area contributed by atoms with Crippen LogP contribution in [0.5, 0.6) is 0 Å². The molecule has 0 bridgehead atoms. The smallest absolute Gasteiger partial charge is 0.256 e. The van der Waals surface area contributed by atoms with Gasteiger partial charge < -0.3 is 11.1 Å². The summed E-state index contributed by atoms with van der Waals surface area (Å²) in [5, 5.41) is 2.69. The van der Waals surface area contributed by atoms with Crippen molar-refractivity contribution < 1.29 is 4.79 Å². The minimum Gasteiger partial charge on any atom is -0.396 e. The topological polar surface area (TPSA) is 68.0 Å². The van der Waals surface area contributed by atoms with Crippen LogP contribution in [0, 0.1) is 0 Å². The minimum absolute atomic E-state index is 0.206. The highest BCUT2D eigenvalue weighted by atomic mass is 16.1. The molecule has 18 heavy (non-hydrogen) atoms. The summed E-state index contributed by atoms with van der Waals surface area (Å²) in [4.78, 5) is 16.0. The molecule has 0 saturated heterocycles. The molecule has 1 amide bonds. The average Bonchev–Trinajstić information content (AvgIpc) is 2.41. The zero-order chi connectivity index (χ0) is 13.0. The van der Waals surface area contributed by atoms with E-state index >= 15 is 0 Å². The number of aryl methyl sites for hydroxylation is 1. The van der Waals surface area contributed by atoms with Crippen LogP contribution < -0.4 is 11.1 Å². The highest BCUT2D eigenvalue weighted by Gasteiger charge is 2.08. The fourth-order valence-electron chi connectivity index (χ4n) is 1.59. The van der Waals surface area contributed by atoms with Gasteiger partial charge in [-0.2, -0.15) is 0 Å².